The van der Waals surface area contributed by atoms with E-state index >= 15 is 0 Å². The third kappa shape index (κ3) is 5.08. The lowest BCUT2D eigenvalue weighted by Gasteiger charge is -2.18. The highest BCUT2D eigenvalue weighted by Crippen LogP contribution is 2.24. The normalized spacial score (nSPS) is 10.5. The number of hydrogen-bond acceptors (Lipinski definition) is 2. The van der Waals surface area contributed by atoms with Gasteiger partial charge in [0.15, 0.2) is 0 Å². The van der Waals surface area contributed by atoms with Crippen molar-refractivity contribution in [1.29, 1.82) is 0 Å². The van der Waals surface area contributed by atoms with E-state index in [9.17, 15) is 9.59 Å². The molecule has 3 aromatic carbocycles. The number of nitrogens with one attached hydrogen (secondary N) is 2. The average molecular weight is 437 g/mol. The molecule has 4 nitrogen and oxygen atoms in total. The predicted molar refractivity (Wildman–Crippen MR) is 115 cm³/mol. The third-order valence-electron chi connectivity index (χ3n) is 4.45. The molecule has 0 aliphatic carbocycles. The average Bonchev–Trinajstić information content (AvgIpc) is 2.71. The number of benzene rings is 3. The minimum Gasteiger partial charge on any atom is -0.347 e. The maximum atomic E-state index is 12.4. The van der Waals surface area contributed by atoms with Crippen LogP contribution in [0, 0.1) is 6.92 Å². The van der Waals surface area contributed by atoms with E-state index in [4.69, 9.17) is 0 Å². The fourth-order valence-electron chi connectivity index (χ4n) is 2.97. The maximum absolute atomic E-state index is 12.4. The largest absolute Gasteiger partial charge is 0.347 e. The van der Waals surface area contributed by atoms with Crippen molar-refractivity contribution in [2.24, 2.45) is 0 Å². The Morgan fingerprint density at radius 2 is 1.43 bits per heavy atom. The quantitative estimate of drug-likeness (QED) is 0.572. The maximum Gasteiger partial charge on any atom is 0.313 e. The zero-order valence-electron chi connectivity index (χ0n) is 15.5. The number of aryl methyl sites for hydroxylation is 1. The SMILES string of the molecule is Cc1ccc(NC(=O)C(=O)NCC(c2ccccc2)c2ccccc2)c(Br)c1. The van der Waals surface area contributed by atoms with Crippen LogP contribution < -0.4 is 10.6 Å². The Balaban J connectivity index is 1.69. The van der Waals surface area contributed by atoms with Crippen molar-refractivity contribution < 1.29 is 9.59 Å². The van der Waals surface area contributed by atoms with Crippen LogP contribution in [0.15, 0.2) is 83.3 Å². The highest BCUT2D eigenvalue weighted by molar-refractivity contribution is 9.10. The Hall–Kier alpha value is -2.92. The van der Waals surface area contributed by atoms with Gasteiger partial charge in [0.25, 0.3) is 0 Å². The van der Waals surface area contributed by atoms with Gasteiger partial charge in [0.2, 0.25) is 0 Å². The van der Waals surface area contributed by atoms with Crippen molar-refractivity contribution in [3.05, 3.63) is 100 Å². The summed E-state index contributed by atoms with van der Waals surface area (Å²) in [6, 6.07) is 25.4. The lowest BCUT2D eigenvalue weighted by molar-refractivity contribution is -0.136. The summed E-state index contributed by atoms with van der Waals surface area (Å²) in [6.07, 6.45) is 0. The molecule has 0 aromatic heterocycles. The van der Waals surface area contributed by atoms with Gasteiger partial charge in [-0.1, -0.05) is 66.7 Å². The second kappa shape index (κ2) is 9.33. The molecule has 0 fully saturated rings. The standard InChI is InChI=1S/C23H21BrN2O2/c1-16-12-13-21(20(24)14-16)26-23(28)22(27)25-15-19(17-8-4-2-5-9-17)18-10-6-3-7-11-18/h2-14,19H,15H2,1H3,(H,25,27)(H,26,28). The number of carbonyl (C=O) groups excluding carboxylic acids is 2. The molecule has 28 heavy (non-hydrogen) atoms. The van der Waals surface area contributed by atoms with E-state index in [0.29, 0.717) is 12.2 Å². The minimum absolute atomic E-state index is 0.0368. The molecule has 0 aliphatic rings. The molecule has 0 unspecified atom stereocenters. The molecule has 0 saturated carbocycles. The molecule has 0 spiro atoms. The smallest absolute Gasteiger partial charge is 0.313 e. The monoisotopic (exact) mass is 436 g/mol. The van der Waals surface area contributed by atoms with Crippen LogP contribution >= 0.6 is 15.9 Å². The Kier molecular flexibility index (Phi) is 6.61. The van der Waals surface area contributed by atoms with Gasteiger partial charge in [-0.05, 0) is 51.7 Å². The molecule has 2 amide bonds. The van der Waals surface area contributed by atoms with Gasteiger partial charge >= 0.3 is 11.8 Å². The van der Waals surface area contributed by atoms with Gasteiger partial charge in [-0.2, -0.15) is 0 Å². The molecule has 0 aliphatic heterocycles. The fourth-order valence-corrected chi connectivity index (χ4v) is 3.57. The van der Waals surface area contributed by atoms with Gasteiger partial charge in [0.05, 0.1) is 5.69 Å². The van der Waals surface area contributed by atoms with E-state index in [1.165, 1.54) is 0 Å². The Bertz CT molecular complexity index is 919. The van der Waals surface area contributed by atoms with E-state index in [0.717, 1.165) is 21.2 Å². The second-order valence-electron chi connectivity index (χ2n) is 6.52. The van der Waals surface area contributed by atoms with Crippen molar-refractivity contribution in [3.8, 4) is 0 Å². The summed E-state index contributed by atoms with van der Waals surface area (Å²) in [7, 11) is 0. The number of halogens is 1. The topological polar surface area (TPSA) is 58.2 Å². The van der Waals surface area contributed by atoms with Crippen LogP contribution in [0.25, 0.3) is 0 Å². The Morgan fingerprint density at radius 3 is 1.96 bits per heavy atom. The van der Waals surface area contributed by atoms with E-state index < -0.39 is 11.8 Å². The first-order valence-electron chi connectivity index (χ1n) is 9.00. The molecule has 5 heteroatoms. The molecular weight excluding hydrogens is 416 g/mol. The van der Waals surface area contributed by atoms with Crippen LogP contribution in [0.4, 0.5) is 5.69 Å². The summed E-state index contributed by atoms with van der Waals surface area (Å²) < 4.78 is 0.736. The third-order valence-corrected chi connectivity index (χ3v) is 5.11. The Morgan fingerprint density at radius 1 is 0.857 bits per heavy atom. The molecule has 0 atom stereocenters. The van der Waals surface area contributed by atoms with Gasteiger partial charge < -0.3 is 10.6 Å². The lowest BCUT2D eigenvalue weighted by atomic mass is 9.91. The van der Waals surface area contributed by atoms with Crippen LogP contribution in [0.2, 0.25) is 0 Å². The second-order valence-corrected chi connectivity index (χ2v) is 7.38. The summed E-state index contributed by atoms with van der Waals surface area (Å²) in [5.41, 5.74) is 3.78. The van der Waals surface area contributed by atoms with E-state index in [1.54, 1.807) is 6.07 Å². The van der Waals surface area contributed by atoms with Crippen molar-refractivity contribution >= 4 is 33.4 Å². The van der Waals surface area contributed by atoms with Crippen molar-refractivity contribution in [2.75, 3.05) is 11.9 Å². The predicted octanol–water partition coefficient (Wildman–Crippen LogP) is 4.64. The van der Waals surface area contributed by atoms with Gasteiger partial charge in [-0.25, -0.2) is 0 Å². The van der Waals surface area contributed by atoms with Crippen LogP contribution in [0.1, 0.15) is 22.6 Å². The first kappa shape index (κ1) is 19.8. The molecule has 2 N–H and O–H groups in total. The lowest BCUT2D eigenvalue weighted by Crippen LogP contribution is -2.37. The number of anilines is 1. The van der Waals surface area contributed by atoms with Crippen molar-refractivity contribution in [2.45, 2.75) is 12.8 Å². The zero-order chi connectivity index (χ0) is 19.9. The van der Waals surface area contributed by atoms with Crippen LogP contribution in [0.5, 0.6) is 0 Å². The number of rotatable bonds is 5. The molecule has 0 saturated heterocycles. The molecule has 0 bridgehead atoms. The van der Waals surface area contributed by atoms with Crippen LogP contribution in [-0.2, 0) is 9.59 Å². The molecule has 3 aromatic rings. The van der Waals surface area contributed by atoms with E-state index in [-0.39, 0.29) is 5.92 Å². The molecule has 0 heterocycles. The molecule has 0 radical (unpaired) electrons. The van der Waals surface area contributed by atoms with Crippen LogP contribution in [0.3, 0.4) is 0 Å². The van der Waals surface area contributed by atoms with Gasteiger partial charge in [-0.15, -0.1) is 0 Å². The van der Waals surface area contributed by atoms with Crippen molar-refractivity contribution in [3.63, 3.8) is 0 Å². The molecule has 3 rings (SSSR count). The number of amides is 2. The molecular formula is C23H21BrN2O2. The van der Waals surface area contributed by atoms with Gasteiger partial charge in [-0.3, -0.25) is 9.59 Å². The zero-order valence-corrected chi connectivity index (χ0v) is 17.1. The Labute approximate surface area is 173 Å². The van der Waals surface area contributed by atoms with Crippen molar-refractivity contribution in [1.82, 2.24) is 5.32 Å². The van der Waals surface area contributed by atoms with E-state index in [1.807, 2.05) is 79.7 Å². The van der Waals surface area contributed by atoms with Crippen LogP contribution in [-0.4, -0.2) is 18.4 Å². The highest BCUT2D eigenvalue weighted by Gasteiger charge is 2.19. The summed E-state index contributed by atoms with van der Waals surface area (Å²) in [5.74, 6) is -1.39. The number of carbonyl (C=O) groups is 2. The first-order valence-corrected chi connectivity index (χ1v) is 9.79. The number of hydrogen-bond donors (Lipinski definition) is 2. The summed E-state index contributed by atoms with van der Waals surface area (Å²) >= 11 is 3.40. The summed E-state index contributed by atoms with van der Waals surface area (Å²) in [4.78, 5) is 24.6. The molecule has 142 valence electrons. The fraction of sp³-hybridized carbons (Fsp3) is 0.130. The summed E-state index contributed by atoms with van der Waals surface area (Å²) in [5, 5.41) is 5.41. The highest BCUT2D eigenvalue weighted by atomic mass is 79.9. The van der Waals surface area contributed by atoms with Gasteiger partial charge in [0, 0.05) is 16.9 Å². The first-order chi connectivity index (χ1) is 13.5. The minimum atomic E-state index is -0.690. The van der Waals surface area contributed by atoms with Gasteiger partial charge in [0.1, 0.15) is 0 Å². The van der Waals surface area contributed by atoms with E-state index in [2.05, 4.69) is 26.6 Å². The summed E-state index contributed by atoms with van der Waals surface area (Å²) in [6.45, 7) is 2.28.